The first-order valence-electron chi connectivity index (χ1n) is 6.08. The lowest BCUT2D eigenvalue weighted by molar-refractivity contribution is 0.446. The fourth-order valence-electron chi connectivity index (χ4n) is 2.04. The molecule has 1 unspecified atom stereocenters. The van der Waals surface area contributed by atoms with Gasteiger partial charge in [0, 0.05) is 25.3 Å². The highest BCUT2D eigenvalue weighted by molar-refractivity contribution is 5.46. The highest BCUT2D eigenvalue weighted by Gasteiger charge is 2.33. The van der Waals surface area contributed by atoms with Crippen LogP contribution in [0.15, 0.2) is 30.3 Å². The van der Waals surface area contributed by atoms with Gasteiger partial charge in [-0.2, -0.15) is 5.26 Å². The standard InChI is InChI=1S/C14H19N3/c1-14(10-15,16-12-8-9-12)11-17(2)13-6-4-3-5-7-13/h3-7,12,16H,8-9,11H2,1-2H3. The van der Waals surface area contributed by atoms with Crippen LogP contribution in [0.2, 0.25) is 0 Å². The second-order valence-electron chi connectivity index (χ2n) is 5.05. The third kappa shape index (κ3) is 3.21. The molecule has 1 atom stereocenters. The van der Waals surface area contributed by atoms with Crippen molar-refractivity contribution in [3.05, 3.63) is 30.3 Å². The van der Waals surface area contributed by atoms with Crippen LogP contribution < -0.4 is 10.2 Å². The number of hydrogen-bond donors (Lipinski definition) is 1. The second-order valence-corrected chi connectivity index (χ2v) is 5.05. The van der Waals surface area contributed by atoms with Gasteiger partial charge in [-0.3, -0.25) is 5.32 Å². The van der Waals surface area contributed by atoms with E-state index in [1.807, 2.05) is 32.2 Å². The summed E-state index contributed by atoms with van der Waals surface area (Å²) in [6.07, 6.45) is 2.40. The summed E-state index contributed by atoms with van der Waals surface area (Å²) in [4.78, 5) is 2.12. The third-order valence-corrected chi connectivity index (χ3v) is 3.10. The predicted molar refractivity (Wildman–Crippen MR) is 69.9 cm³/mol. The zero-order chi connectivity index (χ0) is 12.3. The Balaban J connectivity index is 2.00. The van der Waals surface area contributed by atoms with E-state index in [0.29, 0.717) is 12.6 Å². The smallest absolute Gasteiger partial charge is 0.121 e. The molecule has 0 saturated heterocycles. The molecule has 0 radical (unpaired) electrons. The molecule has 0 bridgehead atoms. The zero-order valence-corrected chi connectivity index (χ0v) is 10.5. The van der Waals surface area contributed by atoms with E-state index < -0.39 is 5.54 Å². The molecule has 0 aromatic heterocycles. The molecule has 17 heavy (non-hydrogen) atoms. The number of anilines is 1. The molecule has 1 fully saturated rings. The molecule has 1 saturated carbocycles. The number of likely N-dealkylation sites (N-methyl/N-ethyl adjacent to an activating group) is 1. The lowest BCUT2D eigenvalue weighted by atomic mass is 10.0. The molecular formula is C14H19N3. The van der Waals surface area contributed by atoms with E-state index >= 15 is 0 Å². The molecular weight excluding hydrogens is 210 g/mol. The minimum absolute atomic E-state index is 0.467. The van der Waals surface area contributed by atoms with Crippen molar-refractivity contribution in [2.75, 3.05) is 18.5 Å². The lowest BCUT2D eigenvalue weighted by Gasteiger charge is -2.30. The Morgan fingerprint density at radius 1 is 1.41 bits per heavy atom. The van der Waals surface area contributed by atoms with Crippen molar-refractivity contribution in [3.8, 4) is 6.07 Å². The van der Waals surface area contributed by atoms with Gasteiger partial charge in [0.2, 0.25) is 0 Å². The Kier molecular flexibility index (Phi) is 3.35. The zero-order valence-electron chi connectivity index (χ0n) is 10.5. The van der Waals surface area contributed by atoms with Crippen LogP contribution in [0.5, 0.6) is 0 Å². The van der Waals surface area contributed by atoms with Gasteiger partial charge in [-0.05, 0) is 31.9 Å². The molecule has 3 heteroatoms. The molecule has 90 valence electrons. The van der Waals surface area contributed by atoms with Gasteiger partial charge in [0.05, 0.1) is 6.07 Å². The van der Waals surface area contributed by atoms with E-state index in [2.05, 4.69) is 28.4 Å². The molecule has 0 amide bonds. The second kappa shape index (κ2) is 4.77. The summed E-state index contributed by atoms with van der Waals surface area (Å²) in [5.74, 6) is 0. The summed E-state index contributed by atoms with van der Waals surface area (Å²) < 4.78 is 0. The maximum absolute atomic E-state index is 9.32. The highest BCUT2D eigenvalue weighted by atomic mass is 15.2. The number of nitrogens with zero attached hydrogens (tertiary/aromatic N) is 2. The first-order valence-corrected chi connectivity index (χ1v) is 6.08. The van der Waals surface area contributed by atoms with Gasteiger partial charge in [0.1, 0.15) is 5.54 Å². The van der Waals surface area contributed by atoms with Crippen molar-refractivity contribution in [1.29, 1.82) is 5.26 Å². The minimum atomic E-state index is -0.467. The monoisotopic (exact) mass is 229 g/mol. The maximum atomic E-state index is 9.32. The van der Waals surface area contributed by atoms with Crippen molar-refractivity contribution in [1.82, 2.24) is 5.32 Å². The molecule has 2 rings (SSSR count). The van der Waals surface area contributed by atoms with Crippen molar-refractivity contribution in [2.24, 2.45) is 0 Å². The van der Waals surface area contributed by atoms with E-state index in [9.17, 15) is 5.26 Å². The van der Waals surface area contributed by atoms with E-state index in [0.717, 1.165) is 5.69 Å². The van der Waals surface area contributed by atoms with Gasteiger partial charge < -0.3 is 4.90 Å². The summed E-state index contributed by atoms with van der Waals surface area (Å²) in [6, 6.07) is 13.1. The van der Waals surface area contributed by atoms with Crippen LogP contribution in [0.1, 0.15) is 19.8 Å². The molecule has 3 nitrogen and oxygen atoms in total. The Morgan fingerprint density at radius 2 is 2.06 bits per heavy atom. The summed E-state index contributed by atoms with van der Waals surface area (Å²) in [5, 5.41) is 12.7. The van der Waals surface area contributed by atoms with Crippen molar-refractivity contribution < 1.29 is 0 Å². The Bertz CT molecular complexity index is 405. The summed E-state index contributed by atoms with van der Waals surface area (Å²) in [7, 11) is 2.03. The summed E-state index contributed by atoms with van der Waals surface area (Å²) in [6.45, 7) is 2.68. The van der Waals surface area contributed by atoms with Gasteiger partial charge in [0.15, 0.2) is 0 Å². The number of hydrogen-bond acceptors (Lipinski definition) is 3. The lowest BCUT2D eigenvalue weighted by Crippen LogP contribution is -2.50. The SMILES string of the molecule is CN(CC(C)(C#N)NC1CC1)c1ccccc1. The molecule has 1 aromatic rings. The molecule has 1 aromatic carbocycles. The Labute approximate surface area is 103 Å². The number of benzene rings is 1. The number of rotatable bonds is 5. The first-order chi connectivity index (χ1) is 8.13. The predicted octanol–water partition coefficient (Wildman–Crippen LogP) is 2.16. The van der Waals surface area contributed by atoms with Crippen LogP contribution in [0.25, 0.3) is 0 Å². The molecule has 1 aliphatic rings. The average Bonchev–Trinajstić information content (AvgIpc) is 3.14. The van der Waals surface area contributed by atoms with Gasteiger partial charge in [-0.1, -0.05) is 18.2 Å². The number of nitriles is 1. The van der Waals surface area contributed by atoms with Crippen LogP contribution in [0.3, 0.4) is 0 Å². The highest BCUT2D eigenvalue weighted by Crippen LogP contribution is 2.23. The third-order valence-electron chi connectivity index (χ3n) is 3.10. The summed E-state index contributed by atoms with van der Waals surface area (Å²) >= 11 is 0. The van der Waals surface area contributed by atoms with Crippen molar-refractivity contribution in [2.45, 2.75) is 31.3 Å². The van der Waals surface area contributed by atoms with Crippen molar-refractivity contribution >= 4 is 5.69 Å². The molecule has 0 spiro atoms. The quantitative estimate of drug-likeness (QED) is 0.841. The molecule has 1 N–H and O–H groups in total. The van der Waals surface area contributed by atoms with Crippen LogP contribution in [0, 0.1) is 11.3 Å². The molecule has 0 aliphatic heterocycles. The Morgan fingerprint density at radius 3 is 2.59 bits per heavy atom. The fourth-order valence-corrected chi connectivity index (χ4v) is 2.04. The maximum Gasteiger partial charge on any atom is 0.121 e. The normalized spacial score (nSPS) is 18.2. The topological polar surface area (TPSA) is 39.1 Å². The van der Waals surface area contributed by atoms with Gasteiger partial charge in [0.25, 0.3) is 0 Å². The van der Waals surface area contributed by atoms with Crippen molar-refractivity contribution in [3.63, 3.8) is 0 Å². The van der Waals surface area contributed by atoms with E-state index in [4.69, 9.17) is 0 Å². The summed E-state index contributed by atoms with van der Waals surface area (Å²) in [5.41, 5.74) is 0.678. The van der Waals surface area contributed by atoms with Crippen LogP contribution >= 0.6 is 0 Å². The van der Waals surface area contributed by atoms with Gasteiger partial charge in [-0.25, -0.2) is 0 Å². The van der Waals surface area contributed by atoms with E-state index in [-0.39, 0.29) is 0 Å². The minimum Gasteiger partial charge on any atom is -0.372 e. The fraction of sp³-hybridized carbons (Fsp3) is 0.500. The first kappa shape index (κ1) is 11.9. The molecule has 0 heterocycles. The number of nitrogens with one attached hydrogen (secondary N) is 1. The van der Waals surface area contributed by atoms with E-state index in [1.165, 1.54) is 12.8 Å². The number of para-hydroxylation sites is 1. The molecule has 1 aliphatic carbocycles. The van der Waals surface area contributed by atoms with Crippen LogP contribution in [-0.2, 0) is 0 Å². The van der Waals surface area contributed by atoms with Crippen LogP contribution in [0.4, 0.5) is 5.69 Å². The van der Waals surface area contributed by atoms with Gasteiger partial charge >= 0.3 is 0 Å². The van der Waals surface area contributed by atoms with E-state index in [1.54, 1.807) is 0 Å². The van der Waals surface area contributed by atoms with Crippen LogP contribution in [-0.4, -0.2) is 25.2 Å². The largest absolute Gasteiger partial charge is 0.372 e. The Hall–Kier alpha value is -1.53. The van der Waals surface area contributed by atoms with Gasteiger partial charge in [-0.15, -0.1) is 0 Å². The average molecular weight is 229 g/mol.